The molecule has 1 aromatic carbocycles. The standard InChI is InChI=1S/C17H20N2O3/c1-22-14-8-6-13(7-9-14)12-15(18-10-2-4-16(18)20)19-11-3-5-17(19)21/h6-9,12H,2-5,10-11H2,1H3. The highest BCUT2D eigenvalue weighted by Gasteiger charge is 2.32. The molecule has 0 aromatic heterocycles. The number of benzene rings is 1. The number of amides is 2. The molecule has 5 nitrogen and oxygen atoms in total. The minimum absolute atomic E-state index is 0.0967. The Bertz CT molecular complexity index is 579. The monoisotopic (exact) mass is 300 g/mol. The Morgan fingerprint density at radius 2 is 1.55 bits per heavy atom. The summed E-state index contributed by atoms with van der Waals surface area (Å²) < 4.78 is 5.16. The summed E-state index contributed by atoms with van der Waals surface area (Å²) in [7, 11) is 1.63. The Balaban J connectivity index is 1.94. The van der Waals surface area contributed by atoms with Crippen LogP contribution >= 0.6 is 0 Å². The lowest BCUT2D eigenvalue weighted by molar-refractivity contribution is -0.130. The molecule has 22 heavy (non-hydrogen) atoms. The van der Waals surface area contributed by atoms with Gasteiger partial charge in [0, 0.05) is 25.9 Å². The lowest BCUT2D eigenvalue weighted by Crippen LogP contribution is -2.36. The molecule has 2 heterocycles. The van der Waals surface area contributed by atoms with Gasteiger partial charge in [0.25, 0.3) is 0 Å². The largest absolute Gasteiger partial charge is 0.497 e. The van der Waals surface area contributed by atoms with E-state index in [0.717, 1.165) is 30.0 Å². The van der Waals surface area contributed by atoms with Crippen molar-refractivity contribution in [3.05, 3.63) is 35.6 Å². The Hall–Kier alpha value is -2.30. The van der Waals surface area contributed by atoms with Gasteiger partial charge in [-0.3, -0.25) is 19.4 Å². The fourth-order valence-corrected chi connectivity index (χ4v) is 2.93. The van der Waals surface area contributed by atoms with Gasteiger partial charge in [0.15, 0.2) is 0 Å². The van der Waals surface area contributed by atoms with Crippen molar-refractivity contribution in [3.8, 4) is 5.75 Å². The molecule has 1 aromatic rings. The van der Waals surface area contributed by atoms with E-state index in [4.69, 9.17) is 4.74 Å². The second-order valence-electron chi connectivity index (χ2n) is 5.57. The SMILES string of the molecule is COc1ccc(C=C(N2CCCC2=O)N2CCCC2=O)cc1. The number of methoxy groups -OCH3 is 1. The van der Waals surface area contributed by atoms with Crippen LogP contribution in [-0.4, -0.2) is 41.8 Å². The van der Waals surface area contributed by atoms with E-state index >= 15 is 0 Å². The Labute approximate surface area is 130 Å². The highest BCUT2D eigenvalue weighted by atomic mass is 16.5. The molecule has 0 aliphatic carbocycles. The van der Waals surface area contributed by atoms with Crippen molar-refractivity contribution in [2.75, 3.05) is 20.2 Å². The van der Waals surface area contributed by atoms with E-state index < -0.39 is 0 Å². The molecule has 0 spiro atoms. The molecule has 0 radical (unpaired) electrons. The zero-order valence-electron chi connectivity index (χ0n) is 12.7. The third kappa shape index (κ3) is 2.84. The molecular weight excluding hydrogens is 280 g/mol. The predicted molar refractivity (Wildman–Crippen MR) is 82.9 cm³/mol. The maximum Gasteiger partial charge on any atom is 0.228 e. The van der Waals surface area contributed by atoms with E-state index in [1.807, 2.05) is 30.3 Å². The molecule has 2 aliphatic heterocycles. The van der Waals surface area contributed by atoms with Crippen molar-refractivity contribution in [3.63, 3.8) is 0 Å². The predicted octanol–water partition coefficient (Wildman–Crippen LogP) is 2.24. The second kappa shape index (κ2) is 6.22. The first-order valence-corrected chi connectivity index (χ1v) is 7.65. The van der Waals surface area contributed by atoms with Gasteiger partial charge in [0.2, 0.25) is 11.8 Å². The number of hydrogen-bond acceptors (Lipinski definition) is 3. The summed E-state index contributed by atoms with van der Waals surface area (Å²) >= 11 is 0. The summed E-state index contributed by atoms with van der Waals surface area (Å²) in [6.07, 6.45) is 4.73. The highest BCUT2D eigenvalue weighted by molar-refractivity contribution is 5.85. The Morgan fingerprint density at radius 3 is 1.95 bits per heavy atom. The Morgan fingerprint density at radius 1 is 1.00 bits per heavy atom. The average molecular weight is 300 g/mol. The summed E-state index contributed by atoms with van der Waals surface area (Å²) in [5, 5.41) is 0. The first kappa shape index (κ1) is 14.6. The third-order valence-electron chi connectivity index (χ3n) is 4.11. The quantitative estimate of drug-likeness (QED) is 0.857. The summed E-state index contributed by atoms with van der Waals surface area (Å²) in [5.74, 6) is 1.70. The van der Waals surface area contributed by atoms with Crippen molar-refractivity contribution < 1.29 is 14.3 Å². The number of carbonyl (C=O) groups excluding carboxylic acids is 2. The van der Waals surface area contributed by atoms with Gasteiger partial charge in [0.1, 0.15) is 11.6 Å². The molecule has 116 valence electrons. The average Bonchev–Trinajstić information content (AvgIpc) is 3.14. The number of carbonyl (C=O) groups is 2. The van der Waals surface area contributed by atoms with Gasteiger partial charge in [0.05, 0.1) is 7.11 Å². The zero-order valence-corrected chi connectivity index (χ0v) is 12.7. The lowest BCUT2D eigenvalue weighted by atomic mass is 10.2. The number of nitrogens with zero attached hydrogens (tertiary/aromatic N) is 2. The molecule has 2 aliphatic rings. The summed E-state index contributed by atoms with van der Waals surface area (Å²) in [5.41, 5.74) is 0.954. The molecule has 3 rings (SSSR count). The maximum atomic E-state index is 12.1. The molecule has 5 heteroatoms. The van der Waals surface area contributed by atoms with Crippen LogP contribution in [0.25, 0.3) is 6.08 Å². The van der Waals surface area contributed by atoms with Crippen LogP contribution in [0, 0.1) is 0 Å². The lowest BCUT2D eigenvalue weighted by Gasteiger charge is -2.27. The van der Waals surface area contributed by atoms with E-state index in [-0.39, 0.29) is 11.8 Å². The molecule has 2 amide bonds. The minimum atomic E-state index is 0.0967. The van der Waals surface area contributed by atoms with Gasteiger partial charge in [-0.25, -0.2) is 0 Å². The number of ether oxygens (including phenoxy) is 1. The van der Waals surface area contributed by atoms with E-state index in [1.54, 1.807) is 16.9 Å². The van der Waals surface area contributed by atoms with Gasteiger partial charge < -0.3 is 4.74 Å². The maximum absolute atomic E-state index is 12.1. The number of hydrogen-bond donors (Lipinski definition) is 0. The third-order valence-corrected chi connectivity index (χ3v) is 4.11. The summed E-state index contributed by atoms with van der Waals surface area (Å²) in [6, 6.07) is 7.61. The Kier molecular flexibility index (Phi) is 4.13. The topological polar surface area (TPSA) is 49.9 Å². The highest BCUT2D eigenvalue weighted by Crippen LogP contribution is 2.26. The fourth-order valence-electron chi connectivity index (χ4n) is 2.93. The van der Waals surface area contributed by atoms with Crippen molar-refractivity contribution >= 4 is 17.9 Å². The first-order valence-electron chi connectivity index (χ1n) is 7.65. The van der Waals surface area contributed by atoms with Gasteiger partial charge >= 0.3 is 0 Å². The van der Waals surface area contributed by atoms with Crippen molar-refractivity contribution in [1.29, 1.82) is 0 Å². The van der Waals surface area contributed by atoms with Gasteiger partial charge in [-0.2, -0.15) is 0 Å². The van der Waals surface area contributed by atoms with Crippen LogP contribution in [0.4, 0.5) is 0 Å². The summed E-state index contributed by atoms with van der Waals surface area (Å²) in [6.45, 7) is 1.37. The van der Waals surface area contributed by atoms with Gasteiger partial charge in [-0.15, -0.1) is 0 Å². The fraction of sp³-hybridized carbons (Fsp3) is 0.412. The van der Waals surface area contributed by atoms with Crippen LogP contribution < -0.4 is 4.74 Å². The van der Waals surface area contributed by atoms with E-state index in [2.05, 4.69) is 0 Å². The second-order valence-corrected chi connectivity index (χ2v) is 5.57. The molecular formula is C17H20N2O3. The van der Waals surface area contributed by atoms with Crippen LogP contribution in [0.1, 0.15) is 31.2 Å². The zero-order chi connectivity index (χ0) is 15.5. The van der Waals surface area contributed by atoms with E-state index in [9.17, 15) is 9.59 Å². The summed E-state index contributed by atoms with van der Waals surface area (Å²) in [4.78, 5) is 27.7. The van der Waals surface area contributed by atoms with Crippen LogP contribution in [-0.2, 0) is 9.59 Å². The molecule has 2 saturated heterocycles. The van der Waals surface area contributed by atoms with E-state index in [1.165, 1.54) is 0 Å². The van der Waals surface area contributed by atoms with Crippen molar-refractivity contribution in [2.24, 2.45) is 0 Å². The van der Waals surface area contributed by atoms with Crippen LogP contribution in [0.3, 0.4) is 0 Å². The van der Waals surface area contributed by atoms with Gasteiger partial charge in [-0.05, 0) is 36.6 Å². The number of likely N-dealkylation sites (tertiary alicyclic amines) is 2. The van der Waals surface area contributed by atoms with Crippen molar-refractivity contribution in [1.82, 2.24) is 9.80 Å². The molecule has 0 unspecified atom stereocenters. The van der Waals surface area contributed by atoms with Crippen molar-refractivity contribution in [2.45, 2.75) is 25.7 Å². The number of rotatable bonds is 4. The van der Waals surface area contributed by atoms with Crippen LogP contribution in [0.15, 0.2) is 30.1 Å². The minimum Gasteiger partial charge on any atom is -0.497 e. The molecule has 2 fully saturated rings. The first-order chi connectivity index (χ1) is 10.7. The molecule has 0 atom stereocenters. The molecule has 0 N–H and O–H groups in total. The van der Waals surface area contributed by atoms with Gasteiger partial charge in [-0.1, -0.05) is 12.1 Å². The molecule has 0 saturated carbocycles. The van der Waals surface area contributed by atoms with Crippen LogP contribution in [0.2, 0.25) is 0 Å². The molecule has 0 bridgehead atoms. The normalized spacial score (nSPS) is 18.0. The van der Waals surface area contributed by atoms with Crippen LogP contribution in [0.5, 0.6) is 5.75 Å². The smallest absolute Gasteiger partial charge is 0.228 e. The van der Waals surface area contributed by atoms with E-state index in [0.29, 0.717) is 25.9 Å².